The van der Waals surface area contributed by atoms with Crippen LogP contribution in [0, 0.1) is 0 Å². The summed E-state index contributed by atoms with van der Waals surface area (Å²) in [5, 5.41) is 7.49. The molecule has 0 atom stereocenters. The molecule has 1 N–H and O–H groups in total. The lowest BCUT2D eigenvalue weighted by atomic mass is 9.83. The van der Waals surface area contributed by atoms with Crippen LogP contribution in [0.1, 0.15) is 46.1 Å². The predicted molar refractivity (Wildman–Crippen MR) is 153 cm³/mol. The van der Waals surface area contributed by atoms with E-state index in [1.54, 1.807) is 0 Å². The molecule has 8 heteroatoms. The molecular weight excluding hydrogens is 476 g/mol. The summed E-state index contributed by atoms with van der Waals surface area (Å²) >= 11 is 0. The zero-order chi connectivity index (χ0) is 26.7. The first-order valence-corrected chi connectivity index (χ1v) is 14.2. The van der Waals surface area contributed by atoms with E-state index in [0.29, 0.717) is 25.7 Å². The Morgan fingerprint density at radius 3 is 2.34 bits per heavy atom. The lowest BCUT2D eigenvalue weighted by molar-refractivity contribution is -0.0886. The summed E-state index contributed by atoms with van der Waals surface area (Å²) in [6, 6.07) is 13.9. The van der Waals surface area contributed by atoms with E-state index in [9.17, 15) is 4.79 Å². The number of hydrogen-bond acceptors (Lipinski definition) is 5. The van der Waals surface area contributed by atoms with Gasteiger partial charge >= 0.3 is 6.03 Å². The maximum Gasteiger partial charge on any atom is 0.317 e. The minimum Gasteiger partial charge on any atom is -0.370 e. The molecule has 8 nitrogen and oxygen atoms in total. The average molecular weight is 519 g/mol. The molecular formula is C30H42N6O2. The number of hydrogen-bond donors (Lipinski definition) is 1. The largest absolute Gasteiger partial charge is 0.370 e. The van der Waals surface area contributed by atoms with Crippen LogP contribution in [0.2, 0.25) is 0 Å². The Morgan fingerprint density at radius 1 is 1.00 bits per heavy atom. The van der Waals surface area contributed by atoms with E-state index in [1.807, 2.05) is 22.5 Å². The van der Waals surface area contributed by atoms with Gasteiger partial charge in [-0.2, -0.15) is 5.10 Å². The molecule has 0 spiro atoms. The number of piperidine rings is 1. The fourth-order valence-electron chi connectivity index (χ4n) is 6.00. The van der Waals surface area contributed by atoms with Crippen molar-refractivity contribution in [2.24, 2.45) is 0 Å². The van der Waals surface area contributed by atoms with Gasteiger partial charge in [0.05, 0.1) is 16.8 Å². The summed E-state index contributed by atoms with van der Waals surface area (Å²) in [6.45, 7) is 15.1. The number of benzene rings is 1. The van der Waals surface area contributed by atoms with E-state index >= 15 is 0 Å². The zero-order valence-electron chi connectivity index (χ0n) is 23.3. The van der Waals surface area contributed by atoms with Crippen molar-refractivity contribution < 1.29 is 9.53 Å². The molecule has 2 aromatic heterocycles. The first-order valence-electron chi connectivity index (χ1n) is 14.2. The third-order valence-electron chi connectivity index (χ3n) is 8.22. The number of likely N-dealkylation sites (tertiary alicyclic amines) is 1. The van der Waals surface area contributed by atoms with Gasteiger partial charge in [-0.3, -0.25) is 0 Å². The highest BCUT2D eigenvalue weighted by molar-refractivity contribution is 5.80. The molecule has 0 unspecified atom stereocenters. The Hall–Kier alpha value is -3.10. The van der Waals surface area contributed by atoms with E-state index in [1.165, 1.54) is 11.1 Å². The maximum absolute atomic E-state index is 12.2. The zero-order valence-corrected chi connectivity index (χ0v) is 23.3. The second-order valence-corrected chi connectivity index (χ2v) is 10.7. The highest BCUT2D eigenvalue weighted by atomic mass is 16.5. The summed E-state index contributed by atoms with van der Waals surface area (Å²) in [7, 11) is 0. The second-order valence-electron chi connectivity index (χ2n) is 10.7. The van der Waals surface area contributed by atoms with Crippen molar-refractivity contribution >= 4 is 17.2 Å². The van der Waals surface area contributed by atoms with Gasteiger partial charge < -0.3 is 24.8 Å². The topological polar surface area (TPSA) is 65.4 Å². The fraction of sp³-hybridized carbons (Fsp3) is 0.533. The lowest BCUT2D eigenvalue weighted by Crippen LogP contribution is -2.51. The predicted octanol–water partition coefficient (Wildman–Crippen LogP) is 4.59. The number of piperazine rings is 1. The smallest absolute Gasteiger partial charge is 0.317 e. The van der Waals surface area contributed by atoms with Gasteiger partial charge in [0, 0.05) is 76.4 Å². The van der Waals surface area contributed by atoms with Gasteiger partial charge in [0.25, 0.3) is 0 Å². The van der Waals surface area contributed by atoms with E-state index in [4.69, 9.17) is 4.74 Å². The van der Waals surface area contributed by atoms with Crippen molar-refractivity contribution in [3.05, 3.63) is 54.4 Å². The van der Waals surface area contributed by atoms with Crippen molar-refractivity contribution in [3.63, 3.8) is 0 Å². The minimum atomic E-state index is -0.199. The first kappa shape index (κ1) is 26.5. The number of urea groups is 1. The van der Waals surface area contributed by atoms with Gasteiger partial charge in [-0.1, -0.05) is 24.3 Å². The standard InChI is InChI=1S/C30H42N6O2/c1-5-31-29(37)35-19-17-34(18-20-35)27-11-14-32-36-22-25(21-28(27)36)24-7-9-26(10-8-24)30(38-6-2)12-15-33(16-13-30)23(3)4/h7-11,14,21-23H,5-6,12-13,15-20H2,1-4H3,(H,31,37). The number of nitrogens with one attached hydrogen (secondary N) is 1. The van der Waals surface area contributed by atoms with Gasteiger partial charge in [0.1, 0.15) is 0 Å². The van der Waals surface area contributed by atoms with E-state index in [0.717, 1.165) is 62.4 Å². The van der Waals surface area contributed by atoms with Crippen LogP contribution in [0.4, 0.5) is 10.5 Å². The summed E-state index contributed by atoms with van der Waals surface area (Å²) in [5.74, 6) is 0. The number of fused-ring (bicyclic) bond motifs is 1. The Kier molecular flexibility index (Phi) is 7.91. The van der Waals surface area contributed by atoms with Crippen LogP contribution in [-0.2, 0) is 10.3 Å². The highest BCUT2D eigenvalue weighted by Gasteiger charge is 2.37. The van der Waals surface area contributed by atoms with Gasteiger partial charge in [-0.15, -0.1) is 0 Å². The number of carbonyl (C=O) groups is 1. The summed E-state index contributed by atoms with van der Waals surface area (Å²) in [6.07, 6.45) is 6.02. The van der Waals surface area contributed by atoms with Crippen LogP contribution in [0.25, 0.3) is 16.6 Å². The molecule has 1 aromatic carbocycles. The molecule has 0 bridgehead atoms. The molecule has 0 aliphatic carbocycles. The molecule has 2 amide bonds. The summed E-state index contributed by atoms with van der Waals surface area (Å²) in [4.78, 5) is 19.0. The molecule has 4 heterocycles. The average Bonchev–Trinajstić information content (AvgIpc) is 3.38. The fourth-order valence-corrected chi connectivity index (χ4v) is 6.00. The second kappa shape index (κ2) is 11.3. The third kappa shape index (κ3) is 5.24. The van der Waals surface area contributed by atoms with Crippen molar-refractivity contribution in [2.45, 2.75) is 52.2 Å². The minimum absolute atomic E-state index is 0.0250. The Bertz CT molecular complexity index is 1220. The molecule has 0 saturated carbocycles. The molecule has 204 valence electrons. The van der Waals surface area contributed by atoms with Gasteiger partial charge in [-0.25, -0.2) is 9.31 Å². The Morgan fingerprint density at radius 2 is 1.71 bits per heavy atom. The molecule has 3 aromatic rings. The van der Waals surface area contributed by atoms with E-state index in [2.05, 4.69) is 83.6 Å². The van der Waals surface area contributed by atoms with Crippen LogP contribution in [0.3, 0.4) is 0 Å². The molecule has 38 heavy (non-hydrogen) atoms. The van der Waals surface area contributed by atoms with Crippen molar-refractivity contribution in [1.29, 1.82) is 0 Å². The van der Waals surface area contributed by atoms with Gasteiger partial charge in [-0.05, 0) is 63.8 Å². The van der Waals surface area contributed by atoms with Crippen LogP contribution in [0.5, 0.6) is 0 Å². The molecule has 2 aliphatic heterocycles. The number of anilines is 1. The first-order chi connectivity index (χ1) is 18.4. The van der Waals surface area contributed by atoms with Crippen molar-refractivity contribution in [1.82, 2.24) is 24.7 Å². The Balaban J connectivity index is 1.34. The lowest BCUT2D eigenvalue weighted by Gasteiger charge is -2.43. The number of rotatable bonds is 7. The van der Waals surface area contributed by atoms with Crippen molar-refractivity contribution in [3.8, 4) is 11.1 Å². The number of carbonyl (C=O) groups excluding carboxylic acids is 1. The SMILES string of the molecule is CCNC(=O)N1CCN(c2ccnn3cc(-c4ccc(C5(OCC)CCN(C(C)C)CC5)cc4)cc23)CC1. The van der Waals surface area contributed by atoms with E-state index in [-0.39, 0.29) is 11.6 Å². The maximum atomic E-state index is 12.2. The van der Waals surface area contributed by atoms with E-state index < -0.39 is 0 Å². The van der Waals surface area contributed by atoms with Crippen LogP contribution < -0.4 is 10.2 Å². The molecule has 2 fully saturated rings. The highest BCUT2D eigenvalue weighted by Crippen LogP contribution is 2.38. The van der Waals surface area contributed by atoms with Gasteiger partial charge in [0.15, 0.2) is 0 Å². The number of ether oxygens (including phenoxy) is 1. The Labute approximate surface area is 226 Å². The molecule has 0 radical (unpaired) electrons. The quantitative estimate of drug-likeness (QED) is 0.496. The molecule has 2 saturated heterocycles. The number of aromatic nitrogens is 2. The number of amides is 2. The normalized spacial score (nSPS) is 18.3. The van der Waals surface area contributed by atoms with Crippen LogP contribution in [-0.4, -0.2) is 83.9 Å². The van der Waals surface area contributed by atoms with Crippen molar-refractivity contribution in [2.75, 3.05) is 57.3 Å². The molecule has 5 rings (SSSR count). The monoisotopic (exact) mass is 518 g/mol. The number of nitrogens with zero attached hydrogens (tertiary/aromatic N) is 5. The van der Waals surface area contributed by atoms with Crippen LogP contribution >= 0.6 is 0 Å². The third-order valence-corrected chi connectivity index (χ3v) is 8.22. The van der Waals surface area contributed by atoms with Gasteiger partial charge in [0.2, 0.25) is 0 Å². The van der Waals surface area contributed by atoms with Crippen LogP contribution in [0.15, 0.2) is 48.8 Å². The summed E-state index contributed by atoms with van der Waals surface area (Å²) in [5.41, 5.74) is 5.65. The summed E-state index contributed by atoms with van der Waals surface area (Å²) < 4.78 is 8.39. The molecule has 2 aliphatic rings.